The zero-order chi connectivity index (χ0) is 30.4. The number of benzene rings is 1. The fourth-order valence-electron chi connectivity index (χ4n) is 5.21. The molecule has 0 amide bonds. The second-order valence-electron chi connectivity index (χ2n) is 9.66. The molecule has 228 valence electrons. The Morgan fingerprint density at radius 3 is 2.55 bits per heavy atom. The van der Waals surface area contributed by atoms with Crippen LogP contribution in [0.25, 0.3) is 16.9 Å². The predicted molar refractivity (Wildman–Crippen MR) is 152 cm³/mol. The molecule has 0 spiro atoms. The number of aromatic nitrogens is 3. The number of rotatable bonds is 13. The third-order valence-corrected chi connectivity index (χ3v) is 9.04. The monoisotopic (exact) mass is 606 g/mol. The molecule has 15 nitrogen and oxygen atoms in total. The lowest BCUT2D eigenvalue weighted by Gasteiger charge is -2.33. The normalized spacial score (nSPS) is 15.0. The Labute approximate surface area is 242 Å². The highest BCUT2D eigenvalue weighted by atomic mass is 32.2. The third-order valence-electron chi connectivity index (χ3n) is 7.15. The average Bonchev–Trinajstić information content (AvgIpc) is 3.26. The Balaban J connectivity index is 1.74. The van der Waals surface area contributed by atoms with Crippen LogP contribution in [-0.2, 0) is 27.7 Å². The van der Waals surface area contributed by atoms with E-state index in [0.29, 0.717) is 72.7 Å². The summed E-state index contributed by atoms with van der Waals surface area (Å²) in [5.41, 5.74) is 2.28. The number of nitrogens with one attached hydrogen (secondary N) is 1. The van der Waals surface area contributed by atoms with E-state index in [4.69, 9.17) is 15.0 Å². The molecule has 1 aliphatic heterocycles. The van der Waals surface area contributed by atoms with E-state index in [-0.39, 0.29) is 30.4 Å². The molecule has 1 aromatic carbocycles. The Morgan fingerprint density at radius 1 is 1.19 bits per heavy atom. The molecule has 3 aromatic rings. The van der Waals surface area contributed by atoms with Gasteiger partial charge in [-0.2, -0.15) is 9.14 Å². The van der Waals surface area contributed by atoms with Crippen LogP contribution in [-0.4, -0.2) is 99.9 Å². The standard InChI is InChI=1S/C26H35N7O8S/c1-4-7-22-21(17-27-35)19(5-2)24-26(34)28-25(29-32(22)24)20-16-18(8-9-23(20)40-6-3)42(38,39)31-12-10-30(11-13-31)14-15-41-33(36)37/h8-9,16-17H,4-7,10-15H2,1-3H3,(H2-,28,29,34,35,36,37)/p+1/b27-17+. The van der Waals surface area contributed by atoms with Gasteiger partial charge in [0.05, 0.1) is 29.0 Å². The molecule has 0 bridgehead atoms. The molecule has 0 atom stereocenters. The first-order valence-electron chi connectivity index (χ1n) is 13.8. The highest BCUT2D eigenvalue weighted by Crippen LogP contribution is 2.32. The lowest BCUT2D eigenvalue weighted by atomic mass is 10.1. The van der Waals surface area contributed by atoms with Gasteiger partial charge in [-0.25, -0.2) is 18.1 Å². The largest absolute Gasteiger partial charge is 0.493 e. The van der Waals surface area contributed by atoms with Crippen LogP contribution in [0.3, 0.4) is 0 Å². The first-order valence-corrected chi connectivity index (χ1v) is 15.2. The highest BCUT2D eigenvalue weighted by molar-refractivity contribution is 7.89. The van der Waals surface area contributed by atoms with Crippen LogP contribution in [0.4, 0.5) is 0 Å². The fourth-order valence-corrected chi connectivity index (χ4v) is 6.66. The summed E-state index contributed by atoms with van der Waals surface area (Å²) in [6.45, 7) is 7.57. The van der Waals surface area contributed by atoms with E-state index in [9.17, 15) is 23.3 Å². The molecule has 0 unspecified atom stereocenters. The van der Waals surface area contributed by atoms with Crippen molar-refractivity contribution in [2.45, 2.75) is 44.9 Å². The summed E-state index contributed by atoms with van der Waals surface area (Å²) in [6, 6.07) is 4.47. The van der Waals surface area contributed by atoms with Crippen molar-refractivity contribution in [3.05, 3.63) is 50.3 Å². The van der Waals surface area contributed by atoms with Crippen molar-refractivity contribution in [3.8, 4) is 17.1 Å². The van der Waals surface area contributed by atoms with Gasteiger partial charge in [-0.1, -0.05) is 25.4 Å². The van der Waals surface area contributed by atoms with Crippen molar-refractivity contribution in [3.63, 3.8) is 0 Å². The maximum Gasteiger partial charge on any atom is 0.475 e. The maximum atomic E-state index is 13.7. The Hall–Kier alpha value is -4.02. The van der Waals surface area contributed by atoms with Crippen LogP contribution < -0.4 is 10.3 Å². The van der Waals surface area contributed by atoms with Gasteiger partial charge in [0.15, 0.2) is 12.4 Å². The van der Waals surface area contributed by atoms with E-state index in [1.54, 1.807) is 17.5 Å². The highest BCUT2D eigenvalue weighted by Gasteiger charge is 2.30. The van der Waals surface area contributed by atoms with E-state index in [0.717, 1.165) is 6.42 Å². The number of aromatic amines is 1. The van der Waals surface area contributed by atoms with Gasteiger partial charge in [0.25, 0.3) is 5.56 Å². The molecule has 3 heterocycles. The summed E-state index contributed by atoms with van der Waals surface area (Å²) in [7, 11) is -3.92. The summed E-state index contributed by atoms with van der Waals surface area (Å²) in [5.74, 6) is 0.494. The fraction of sp³-hybridized carbons (Fsp3) is 0.500. The van der Waals surface area contributed by atoms with E-state index in [1.165, 1.54) is 22.7 Å². The SMILES string of the molecule is CCCc1c(/C=N/O)c(CC)c2c(=O)[nH]c(-c3cc(S(=O)(=O)N4CCN(CCO[N+](=O)O)CC4)ccc3OCC)nn12. The van der Waals surface area contributed by atoms with Crippen molar-refractivity contribution in [2.24, 2.45) is 5.16 Å². The van der Waals surface area contributed by atoms with E-state index in [2.05, 4.69) is 15.0 Å². The summed E-state index contributed by atoms with van der Waals surface area (Å²) in [4.78, 5) is 33.2. The van der Waals surface area contributed by atoms with Crippen molar-refractivity contribution in [2.75, 3.05) is 45.9 Å². The Bertz CT molecular complexity index is 1630. The van der Waals surface area contributed by atoms with E-state index < -0.39 is 20.7 Å². The first kappa shape index (κ1) is 30.9. The number of aryl methyl sites for hydroxylation is 2. The van der Waals surface area contributed by atoms with Crippen LogP contribution in [0.15, 0.2) is 33.0 Å². The number of hydrogen-bond acceptors (Lipinski definition) is 10. The van der Waals surface area contributed by atoms with E-state index in [1.807, 2.05) is 18.7 Å². The smallest absolute Gasteiger partial charge is 0.475 e. The van der Waals surface area contributed by atoms with Crippen LogP contribution in [0.1, 0.15) is 44.0 Å². The van der Waals surface area contributed by atoms with Crippen LogP contribution in [0.5, 0.6) is 5.75 Å². The zero-order valence-corrected chi connectivity index (χ0v) is 24.6. The quantitative estimate of drug-likeness (QED) is 0.147. The molecule has 16 heteroatoms. The minimum atomic E-state index is -3.92. The van der Waals surface area contributed by atoms with E-state index >= 15 is 0 Å². The van der Waals surface area contributed by atoms with Gasteiger partial charge in [-0.05, 0) is 43.5 Å². The summed E-state index contributed by atoms with van der Waals surface area (Å²) < 4.78 is 36.0. The van der Waals surface area contributed by atoms with Gasteiger partial charge in [0.2, 0.25) is 10.0 Å². The molecule has 1 aliphatic rings. The molecule has 0 aliphatic carbocycles. The molecule has 42 heavy (non-hydrogen) atoms. The first-order chi connectivity index (χ1) is 20.2. The number of sulfonamides is 1. The predicted octanol–water partition coefficient (Wildman–Crippen LogP) is 1.82. The zero-order valence-electron chi connectivity index (χ0n) is 23.8. The number of hydrogen-bond donors (Lipinski definition) is 3. The topological polar surface area (TPSA) is 182 Å². The van der Waals surface area contributed by atoms with Crippen LogP contribution in [0, 0.1) is 4.91 Å². The summed E-state index contributed by atoms with van der Waals surface area (Å²) >= 11 is 0. The lowest BCUT2D eigenvalue weighted by molar-refractivity contribution is -0.975. The molecular weight excluding hydrogens is 570 g/mol. The van der Waals surface area contributed by atoms with Crippen molar-refractivity contribution in [1.29, 1.82) is 0 Å². The Morgan fingerprint density at radius 2 is 1.93 bits per heavy atom. The number of piperazine rings is 1. The van der Waals surface area contributed by atoms with Gasteiger partial charge < -0.3 is 14.9 Å². The van der Waals surface area contributed by atoms with Crippen LogP contribution >= 0.6 is 0 Å². The molecule has 0 radical (unpaired) electrons. The number of oxime groups is 1. The average molecular weight is 607 g/mol. The minimum absolute atomic E-state index is 0.0198. The van der Waals surface area contributed by atoms with Crippen molar-refractivity contribution < 1.29 is 33.5 Å². The molecule has 1 saturated heterocycles. The van der Waals surface area contributed by atoms with Crippen molar-refractivity contribution >= 4 is 21.8 Å². The van der Waals surface area contributed by atoms with Gasteiger partial charge in [0, 0.05) is 38.3 Å². The summed E-state index contributed by atoms with van der Waals surface area (Å²) in [6.07, 6.45) is 3.14. The lowest BCUT2D eigenvalue weighted by Crippen LogP contribution is -2.49. The molecule has 3 N–H and O–H groups in total. The van der Waals surface area contributed by atoms with Gasteiger partial charge in [-0.15, -0.1) is 5.10 Å². The maximum absolute atomic E-state index is 13.7. The third kappa shape index (κ3) is 6.24. The van der Waals surface area contributed by atoms with Gasteiger partial charge in [0.1, 0.15) is 16.2 Å². The number of ether oxygens (including phenoxy) is 1. The summed E-state index contributed by atoms with van der Waals surface area (Å²) in [5, 5.41) is 25.2. The second kappa shape index (κ2) is 13.3. The van der Waals surface area contributed by atoms with Gasteiger partial charge >= 0.3 is 5.09 Å². The van der Waals surface area contributed by atoms with Crippen molar-refractivity contribution in [1.82, 2.24) is 23.8 Å². The molecule has 4 rings (SSSR count). The molecule has 1 fully saturated rings. The molecular formula is C26H36N7O8S+. The van der Waals surface area contributed by atoms with Gasteiger partial charge in [-0.3, -0.25) is 9.69 Å². The minimum Gasteiger partial charge on any atom is -0.493 e. The number of nitrogens with zero attached hydrogens (tertiary/aromatic N) is 6. The molecule has 0 saturated carbocycles. The molecule has 2 aromatic heterocycles. The Kier molecular flexibility index (Phi) is 9.80. The number of fused-ring (bicyclic) bond motifs is 1. The second-order valence-corrected chi connectivity index (χ2v) is 11.6. The number of H-pyrrole nitrogens is 1. The van der Waals surface area contributed by atoms with Crippen LogP contribution in [0.2, 0.25) is 0 Å².